The minimum absolute atomic E-state index is 0.0167. The van der Waals surface area contributed by atoms with Crippen molar-refractivity contribution in [3.63, 3.8) is 0 Å². The quantitative estimate of drug-likeness (QED) is 0.130. The fourth-order valence-corrected chi connectivity index (χ4v) is 4.22. The molecule has 0 aromatic heterocycles. The molecule has 0 heterocycles. The maximum Gasteiger partial charge on any atom is 0.103 e. The number of hydrogen-bond acceptors (Lipinski definition) is 4. The Kier molecular flexibility index (Phi) is 15.6. The van der Waals surface area contributed by atoms with Gasteiger partial charge < -0.3 is 0 Å². The van der Waals surface area contributed by atoms with Gasteiger partial charge in [-0.3, -0.25) is 0 Å². The van der Waals surface area contributed by atoms with E-state index in [1.807, 2.05) is 13.8 Å². The average Bonchev–Trinajstić information content (AvgIpc) is 2.71. The van der Waals surface area contributed by atoms with Gasteiger partial charge in [0.1, 0.15) is 26.4 Å². The monoisotopic (exact) mass is 448 g/mol. The van der Waals surface area contributed by atoms with Crippen molar-refractivity contribution in [3.05, 3.63) is 47.6 Å². The first kappa shape index (κ1) is 28.8. The Bertz CT molecular complexity index is 551. The molecule has 4 nitrogen and oxygen atoms in total. The summed E-state index contributed by atoms with van der Waals surface area (Å²) in [6.45, 7) is 17.6. The van der Waals surface area contributed by atoms with Gasteiger partial charge in [-0.05, 0) is 51.7 Å². The first-order valence-corrected chi connectivity index (χ1v) is 12.5. The molecule has 0 atom stereocenters. The second kappa shape index (κ2) is 17.3. The molecule has 0 N–H and O–H groups in total. The van der Waals surface area contributed by atoms with Crippen molar-refractivity contribution in [2.24, 2.45) is 5.41 Å². The molecule has 32 heavy (non-hydrogen) atoms. The third kappa shape index (κ3) is 14.8. The zero-order valence-corrected chi connectivity index (χ0v) is 21.3. The highest BCUT2D eigenvalue weighted by Gasteiger charge is 2.25. The molecule has 0 spiro atoms. The second-order valence-corrected chi connectivity index (χ2v) is 9.86. The summed E-state index contributed by atoms with van der Waals surface area (Å²) in [6, 6.07) is 0. The van der Waals surface area contributed by atoms with E-state index in [0.29, 0.717) is 26.4 Å². The van der Waals surface area contributed by atoms with Crippen molar-refractivity contribution in [3.8, 4) is 0 Å². The van der Waals surface area contributed by atoms with Gasteiger partial charge >= 0.3 is 0 Å². The lowest BCUT2D eigenvalue weighted by molar-refractivity contribution is -0.281. The molecular weight excluding hydrogens is 400 g/mol. The van der Waals surface area contributed by atoms with Crippen LogP contribution < -0.4 is 0 Å². The minimum atomic E-state index is 0.0167. The Hall–Kier alpha value is -1.20. The summed E-state index contributed by atoms with van der Waals surface area (Å²) in [4.78, 5) is 21.4. The fraction of sp³-hybridized carbons (Fsp3) is 0.714. The van der Waals surface area contributed by atoms with E-state index in [1.165, 1.54) is 68.9 Å². The largest absolute Gasteiger partial charge is 0.232 e. The number of hydrogen-bond donors (Lipinski definition) is 0. The smallest absolute Gasteiger partial charge is 0.103 e. The maximum atomic E-state index is 5.43. The van der Waals surface area contributed by atoms with Crippen LogP contribution >= 0.6 is 0 Å². The molecule has 1 aliphatic carbocycles. The Balaban J connectivity index is 2.92. The summed E-state index contributed by atoms with van der Waals surface area (Å²) in [7, 11) is 0. The van der Waals surface area contributed by atoms with Crippen LogP contribution in [0.1, 0.15) is 98.3 Å². The Labute approximate surface area is 197 Å². The average molecular weight is 449 g/mol. The molecule has 0 unspecified atom stereocenters. The van der Waals surface area contributed by atoms with Crippen molar-refractivity contribution in [2.45, 2.75) is 98.3 Å². The van der Waals surface area contributed by atoms with Gasteiger partial charge in [-0.1, -0.05) is 94.2 Å². The molecule has 0 saturated heterocycles. The van der Waals surface area contributed by atoms with Gasteiger partial charge in [0.05, 0.1) is 0 Å². The highest BCUT2D eigenvalue weighted by molar-refractivity contribution is 5.19. The van der Waals surface area contributed by atoms with Crippen LogP contribution in [0.3, 0.4) is 0 Å². The van der Waals surface area contributed by atoms with Crippen LogP contribution in [0.25, 0.3) is 0 Å². The summed E-state index contributed by atoms with van der Waals surface area (Å²) in [5.74, 6) is 0. The molecule has 0 bridgehead atoms. The highest BCUT2D eigenvalue weighted by Crippen LogP contribution is 2.38. The number of allylic oxidation sites excluding steroid dienone is 2. The van der Waals surface area contributed by atoms with Crippen LogP contribution in [0.5, 0.6) is 0 Å². The molecule has 0 aliphatic heterocycles. The van der Waals surface area contributed by atoms with E-state index in [9.17, 15) is 0 Å². The summed E-state index contributed by atoms with van der Waals surface area (Å²) in [6.07, 6.45) is 19.1. The van der Waals surface area contributed by atoms with Gasteiger partial charge in [0.25, 0.3) is 0 Å². The Morgan fingerprint density at radius 3 is 1.22 bits per heavy atom. The van der Waals surface area contributed by atoms with E-state index < -0.39 is 0 Å². The third-order valence-corrected chi connectivity index (χ3v) is 5.70. The Morgan fingerprint density at radius 2 is 0.875 bits per heavy atom. The topological polar surface area (TPSA) is 36.9 Å². The molecule has 0 aromatic rings. The van der Waals surface area contributed by atoms with Crippen LogP contribution in [0.4, 0.5) is 0 Å². The van der Waals surface area contributed by atoms with Crippen molar-refractivity contribution in [1.82, 2.24) is 0 Å². The van der Waals surface area contributed by atoms with Crippen LogP contribution in [0.2, 0.25) is 0 Å². The third-order valence-electron chi connectivity index (χ3n) is 5.70. The SMILES string of the molecule is C=C(C)COOC/C(C)=C/C1(/C=C(\C)COOCC(=C)C)CCCCCCCCCCC1. The lowest BCUT2D eigenvalue weighted by Crippen LogP contribution is -2.19. The van der Waals surface area contributed by atoms with E-state index in [2.05, 4.69) is 39.2 Å². The van der Waals surface area contributed by atoms with E-state index in [-0.39, 0.29) is 5.41 Å². The lowest BCUT2D eigenvalue weighted by Gasteiger charge is -2.30. The van der Waals surface area contributed by atoms with Gasteiger partial charge in [0.2, 0.25) is 0 Å². The minimum Gasteiger partial charge on any atom is -0.232 e. The van der Waals surface area contributed by atoms with Gasteiger partial charge in [-0.15, -0.1) is 0 Å². The van der Waals surface area contributed by atoms with Gasteiger partial charge in [-0.25, -0.2) is 19.6 Å². The zero-order valence-electron chi connectivity index (χ0n) is 21.3. The molecular formula is C28H48O4. The van der Waals surface area contributed by atoms with E-state index in [1.54, 1.807) is 0 Å². The van der Waals surface area contributed by atoms with Crippen molar-refractivity contribution >= 4 is 0 Å². The highest BCUT2D eigenvalue weighted by atomic mass is 17.2. The van der Waals surface area contributed by atoms with Crippen molar-refractivity contribution in [2.75, 3.05) is 26.4 Å². The van der Waals surface area contributed by atoms with E-state index in [4.69, 9.17) is 19.6 Å². The van der Waals surface area contributed by atoms with Crippen molar-refractivity contribution < 1.29 is 19.6 Å². The molecule has 1 rings (SSSR count). The second-order valence-electron chi connectivity index (χ2n) is 9.86. The molecule has 0 radical (unpaired) electrons. The Morgan fingerprint density at radius 1 is 0.562 bits per heavy atom. The first-order chi connectivity index (χ1) is 15.3. The molecule has 0 aromatic carbocycles. The maximum absolute atomic E-state index is 5.43. The molecule has 1 fully saturated rings. The normalized spacial score (nSPS) is 19.1. The lowest BCUT2D eigenvalue weighted by atomic mass is 9.75. The predicted octanol–water partition coefficient (Wildman–Crippen LogP) is 8.22. The standard InChI is InChI=1S/C28H48O4/c1-24(2)20-29-31-22-26(5)18-28(19-27(6)23-32-30-21-25(3)4)16-14-12-10-8-7-9-11-13-15-17-28/h18-19H,1,3,7-17,20-23H2,2,4-6H3/b26-18+,27-19+. The van der Waals surface area contributed by atoms with E-state index in [0.717, 1.165) is 24.0 Å². The van der Waals surface area contributed by atoms with E-state index >= 15 is 0 Å². The van der Waals surface area contributed by atoms with Gasteiger partial charge in [-0.2, -0.15) is 0 Å². The number of rotatable bonds is 12. The van der Waals surface area contributed by atoms with Gasteiger partial charge in [0, 0.05) is 5.41 Å². The van der Waals surface area contributed by atoms with Crippen LogP contribution in [0, 0.1) is 5.41 Å². The summed E-state index contributed by atoms with van der Waals surface area (Å²) in [5.41, 5.74) is 4.32. The molecule has 0 amide bonds. The molecule has 1 saturated carbocycles. The zero-order chi connectivity index (χ0) is 23.7. The van der Waals surface area contributed by atoms with Crippen LogP contribution in [0.15, 0.2) is 47.6 Å². The summed E-state index contributed by atoms with van der Waals surface area (Å²) >= 11 is 0. The molecule has 4 heteroatoms. The summed E-state index contributed by atoms with van der Waals surface area (Å²) < 4.78 is 0. The van der Waals surface area contributed by atoms with Crippen LogP contribution in [-0.2, 0) is 19.6 Å². The molecule has 184 valence electrons. The van der Waals surface area contributed by atoms with Crippen molar-refractivity contribution in [1.29, 1.82) is 0 Å². The first-order valence-electron chi connectivity index (χ1n) is 12.5. The summed E-state index contributed by atoms with van der Waals surface area (Å²) in [5, 5.41) is 0. The predicted molar refractivity (Wildman–Crippen MR) is 134 cm³/mol. The van der Waals surface area contributed by atoms with Gasteiger partial charge in [0.15, 0.2) is 0 Å². The molecule has 1 aliphatic rings. The van der Waals surface area contributed by atoms with Crippen LogP contribution in [-0.4, -0.2) is 26.4 Å². The fourth-order valence-electron chi connectivity index (χ4n) is 4.22.